The van der Waals surface area contributed by atoms with Gasteiger partial charge in [0.25, 0.3) is 0 Å². The normalized spacial score (nSPS) is 10.2. The molecule has 3 rings (SSSR count). The highest BCUT2D eigenvalue weighted by molar-refractivity contribution is 5.90. The number of aryl methyl sites for hydroxylation is 1. The summed E-state index contributed by atoms with van der Waals surface area (Å²) in [5, 5.41) is 15.5. The molecule has 0 aliphatic heterocycles. The van der Waals surface area contributed by atoms with E-state index in [1.807, 2.05) is 36.4 Å². The summed E-state index contributed by atoms with van der Waals surface area (Å²) in [7, 11) is 0. The lowest BCUT2D eigenvalue weighted by molar-refractivity contribution is -0.116. The molecule has 1 amide bonds. The second kappa shape index (κ2) is 7.88. The van der Waals surface area contributed by atoms with Gasteiger partial charge in [-0.2, -0.15) is 10.2 Å². The van der Waals surface area contributed by atoms with E-state index in [0.717, 1.165) is 5.56 Å². The molecule has 0 saturated carbocycles. The van der Waals surface area contributed by atoms with Crippen LogP contribution in [0.1, 0.15) is 24.3 Å². The SMILES string of the molecule is N#Cc1ccc(NC(=O)CCCc2nc(-c3ccccc3)no2)cc1. The molecular weight excluding hydrogens is 316 g/mol. The van der Waals surface area contributed by atoms with Crippen LogP contribution in [0.2, 0.25) is 0 Å². The molecule has 0 unspecified atom stereocenters. The molecule has 0 aliphatic carbocycles. The maximum Gasteiger partial charge on any atom is 0.226 e. The minimum atomic E-state index is -0.0903. The van der Waals surface area contributed by atoms with Crippen molar-refractivity contribution in [3.05, 3.63) is 66.1 Å². The number of hydrogen-bond donors (Lipinski definition) is 1. The monoisotopic (exact) mass is 332 g/mol. The number of rotatable bonds is 6. The third kappa shape index (κ3) is 4.52. The third-order valence-corrected chi connectivity index (χ3v) is 3.59. The van der Waals surface area contributed by atoms with E-state index in [1.54, 1.807) is 24.3 Å². The van der Waals surface area contributed by atoms with Crippen molar-refractivity contribution < 1.29 is 9.32 Å². The van der Waals surface area contributed by atoms with Gasteiger partial charge >= 0.3 is 0 Å². The zero-order chi connectivity index (χ0) is 17.5. The van der Waals surface area contributed by atoms with Crippen molar-refractivity contribution in [3.63, 3.8) is 0 Å². The molecule has 1 aromatic heterocycles. The van der Waals surface area contributed by atoms with Crippen molar-refractivity contribution in [2.45, 2.75) is 19.3 Å². The summed E-state index contributed by atoms with van der Waals surface area (Å²) in [6.45, 7) is 0. The fourth-order valence-electron chi connectivity index (χ4n) is 2.31. The van der Waals surface area contributed by atoms with Crippen molar-refractivity contribution in [1.29, 1.82) is 5.26 Å². The number of amides is 1. The standard InChI is InChI=1S/C19H16N4O2/c20-13-14-9-11-16(12-10-14)21-17(24)7-4-8-18-22-19(23-25-18)15-5-2-1-3-6-15/h1-3,5-6,9-12H,4,7-8H2,(H,21,24). The summed E-state index contributed by atoms with van der Waals surface area (Å²) < 4.78 is 5.22. The van der Waals surface area contributed by atoms with Gasteiger partial charge in [-0.3, -0.25) is 4.79 Å². The molecule has 0 bridgehead atoms. The highest BCUT2D eigenvalue weighted by Crippen LogP contribution is 2.16. The summed E-state index contributed by atoms with van der Waals surface area (Å²) in [4.78, 5) is 16.3. The molecule has 6 heteroatoms. The number of hydrogen-bond acceptors (Lipinski definition) is 5. The quantitative estimate of drug-likeness (QED) is 0.745. The maximum atomic E-state index is 11.9. The van der Waals surface area contributed by atoms with Crippen LogP contribution in [0.4, 0.5) is 5.69 Å². The van der Waals surface area contributed by atoms with E-state index in [0.29, 0.717) is 42.2 Å². The second-order valence-electron chi connectivity index (χ2n) is 5.47. The number of carbonyl (C=O) groups is 1. The zero-order valence-corrected chi connectivity index (χ0v) is 13.5. The Kier molecular flexibility index (Phi) is 5.17. The fraction of sp³-hybridized carbons (Fsp3) is 0.158. The van der Waals surface area contributed by atoms with Crippen LogP contribution in [0.3, 0.4) is 0 Å². The molecule has 1 N–H and O–H groups in total. The van der Waals surface area contributed by atoms with Crippen molar-refractivity contribution >= 4 is 11.6 Å². The molecule has 0 aliphatic rings. The van der Waals surface area contributed by atoms with E-state index in [1.165, 1.54) is 0 Å². The molecule has 0 saturated heterocycles. The largest absolute Gasteiger partial charge is 0.339 e. The first-order valence-electron chi connectivity index (χ1n) is 7.92. The molecule has 0 fully saturated rings. The Morgan fingerprint density at radius 1 is 1.12 bits per heavy atom. The predicted octanol–water partition coefficient (Wildman–Crippen LogP) is 3.57. The Labute approximate surface area is 145 Å². The van der Waals surface area contributed by atoms with Crippen molar-refractivity contribution in [2.75, 3.05) is 5.32 Å². The number of benzene rings is 2. The Morgan fingerprint density at radius 2 is 1.88 bits per heavy atom. The van der Waals surface area contributed by atoms with Gasteiger partial charge in [-0.1, -0.05) is 35.5 Å². The number of aromatic nitrogens is 2. The van der Waals surface area contributed by atoms with Crippen molar-refractivity contribution in [3.8, 4) is 17.5 Å². The zero-order valence-electron chi connectivity index (χ0n) is 13.5. The van der Waals surface area contributed by atoms with Crippen LogP contribution < -0.4 is 5.32 Å². The number of anilines is 1. The van der Waals surface area contributed by atoms with Gasteiger partial charge in [-0.25, -0.2) is 0 Å². The molecule has 3 aromatic rings. The van der Waals surface area contributed by atoms with E-state index < -0.39 is 0 Å². The summed E-state index contributed by atoms with van der Waals surface area (Å²) in [6, 6.07) is 18.4. The Hall–Kier alpha value is -3.46. The molecule has 6 nitrogen and oxygen atoms in total. The lowest BCUT2D eigenvalue weighted by Gasteiger charge is -2.04. The molecule has 1 heterocycles. The lowest BCUT2D eigenvalue weighted by Crippen LogP contribution is -2.11. The van der Waals surface area contributed by atoms with Crippen LogP contribution in [0, 0.1) is 11.3 Å². The molecule has 2 aromatic carbocycles. The minimum absolute atomic E-state index is 0.0903. The summed E-state index contributed by atoms with van der Waals surface area (Å²) in [6.07, 6.45) is 1.50. The van der Waals surface area contributed by atoms with E-state index >= 15 is 0 Å². The van der Waals surface area contributed by atoms with Gasteiger partial charge in [0.15, 0.2) is 0 Å². The number of nitriles is 1. The molecule has 0 spiro atoms. The van der Waals surface area contributed by atoms with Gasteiger partial charge in [-0.15, -0.1) is 0 Å². The predicted molar refractivity (Wildman–Crippen MR) is 92.5 cm³/mol. The summed E-state index contributed by atoms with van der Waals surface area (Å²) in [5.41, 5.74) is 2.13. The topological polar surface area (TPSA) is 91.8 Å². The van der Waals surface area contributed by atoms with E-state index in [-0.39, 0.29) is 5.91 Å². The van der Waals surface area contributed by atoms with Gasteiger partial charge in [0, 0.05) is 24.1 Å². The van der Waals surface area contributed by atoms with Crippen LogP contribution in [0.25, 0.3) is 11.4 Å². The Balaban J connectivity index is 1.47. The molecular formula is C19H16N4O2. The van der Waals surface area contributed by atoms with Gasteiger partial charge in [0.05, 0.1) is 11.6 Å². The van der Waals surface area contributed by atoms with Crippen molar-refractivity contribution in [1.82, 2.24) is 10.1 Å². The summed E-state index contributed by atoms with van der Waals surface area (Å²) in [5.74, 6) is 0.982. The van der Waals surface area contributed by atoms with Crippen LogP contribution in [-0.2, 0) is 11.2 Å². The molecule has 25 heavy (non-hydrogen) atoms. The van der Waals surface area contributed by atoms with Gasteiger partial charge < -0.3 is 9.84 Å². The smallest absolute Gasteiger partial charge is 0.226 e. The van der Waals surface area contributed by atoms with Crippen LogP contribution in [0.5, 0.6) is 0 Å². The number of nitrogens with one attached hydrogen (secondary N) is 1. The molecule has 0 radical (unpaired) electrons. The highest BCUT2D eigenvalue weighted by atomic mass is 16.5. The average Bonchev–Trinajstić information content (AvgIpc) is 3.12. The maximum absolute atomic E-state index is 11.9. The first kappa shape index (κ1) is 16.4. The van der Waals surface area contributed by atoms with E-state index in [9.17, 15) is 4.79 Å². The third-order valence-electron chi connectivity index (χ3n) is 3.59. The molecule has 124 valence electrons. The lowest BCUT2D eigenvalue weighted by atomic mass is 10.2. The Bertz CT molecular complexity index is 880. The number of carbonyl (C=O) groups excluding carboxylic acids is 1. The van der Waals surface area contributed by atoms with Gasteiger partial charge in [0.2, 0.25) is 17.6 Å². The number of nitrogens with zero attached hydrogens (tertiary/aromatic N) is 3. The minimum Gasteiger partial charge on any atom is -0.339 e. The molecule has 0 atom stereocenters. The van der Waals surface area contributed by atoms with Gasteiger partial charge in [-0.05, 0) is 30.7 Å². The first-order chi connectivity index (χ1) is 12.2. The fourth-order valence-corrected chi connectivity index (χ4v) is 2.31. The van der Waals surface area contributed by atoms with E-state index in [2.05, 4.69) is 15.5 Å². The van der Waals surface area contributed by atoms with Crippen molar-refractivity contribution in [2.24, 2.45) is 0 Å². The second-order valence-corrected chi connectivity index (χ2v) is 5.47. The van der Waals surface area contributed by atoms with E-state index in [4.69, 9.17) is 9.78 Å². The highest BCUT2D eigenvalue weighted by Gasteiger charge is 2.09. The summed E-state index contributed by atoms with van der Waals surface area (Å²) >= 11 is 0. The Morgan fingerprint density at radius 3 is 2.60 bits per heavy atom. The van der Waals surface area contributed by atoms with Crippen LogP contribution >= 0.6 is 0 Å². The van der Waals surface area contributed by atoms with Gasteiger partial charge in [0.1, 0.15) is 0 Å². The van der Waals surface area contributed by atoms with Crippen LogP contribution in [-0.4, -0.2) is 16.0 Å². The first-order valence-corrected chi connectivity index (χ1v) is 7.92. The van der Waals surface area contributed by atoms with Crippen LogP contribution in [0.15, 0.2) is 59.1 Å². The average molecular weight is 332 g/mol.